The number of hydrogen-bond acceptors (Lipinski definition) is 4. The van der Waals surface area contributed by atoms with Crippen LogP contribution in [0.2, 0.25) is 0 Å². The molecule has 2 aromatic heterocycles. The van der Waals surface area contributed by atoms with Crippen LogP contribution in [0.15, 0.2) is 89.4 Å². The Morgan fingerprint density at radius 1 is 0.929 bits per heavy atom. The lowest BCUT2D eigenvalue weighted by Crippen LogP contribution is -2.09. The Labute approximate surface area is 170 Å². The lowest BCUT2D eigenvalue weighted by atomic mass is 10.0. The number of carbonyl (C=O) groups is 1. The summed E-state index contributed by atoms with van der Waals surface area (Å²) in [6, 6.07) is 25.9. The van der Waals surface area contributed by atoms with Crippen molar-refractivity contribution in [3.05, 3.63) is 96.2 Å². The second kappa shape index (κ2) is 7.26. The molecule has 0 aliphatic heterocycles. The third kappa shape index (κ3) is 3.13. The van der Waals surface area contributed by atoms with Crippen LogP contribution in [0, 0.1) is 0 Å². The summed E-state index contributed by atoms with van der Waals surface area (Å²) in [7, 11) is 0. The van der Waals surface area contributed by atoms with E-state index in [1.165, 1.54) is 11.8 Å². The van der Waals surface area contributed by atoms with Gasteiger partial charge in [0.1, 0.15) is 5.25 Å². The van der Waals surface area contributed by atoms with Crippen LogP contribution in [0.1, 0.15) is 21.2 Å². The summed E-state index contributed by atoms with van der Waals surface area (Å²) >= 11 is 3.16. The molecule has 5 heteroatoms. The average molecular weight is 401 g/mol. The maximum Gasteiger partial charge on any atom is 0.182 e. The Bertz CT molecular complexity index is 1240. The van der Waals surface area contributed by atoms with E-state index in [1.807, 2.05) is 79.0 Å². The molecule has 1 atom stereocenters. The number of Topliss-reactive ketones (excluding diaryl/α,β-unsaturated/α-hetero) is 1. The molecule has 5 rings (SSSR count). The Hall–Kier alpha value is -2.89. The zero-order valence-corrected chi connectivity index (χ0v) is 16.5. The van der Waals surface area contributed by atoms with Gasteiger partial charge in [-0.05, 0) is 23.8 Å². The number of nitrogens with one attached hydrogen (secondary N) is 1. The second-order valence-corrected chi connectivity index (χ2v) is 8.85. The standard InChI is InChI=1S/C23H16N2OS2/c26-21(17-14-24-18-11-5-4-10-16(17)18)22(15-8-2-1-3-9-15)28-23-25-19-12-6-7-13-20(19)27-23/h1-14,22,24H/t22-/m0/s1. The highest BCUT2D eigenvalue weighted by molar-refractivity contribution is 8.02. The van der Waals surface area contributed by atoms with Crippen molar-refractivity contribution in [1.82, 2.24) is 9.97 Å². The first kappa shape index (κ1) is 17.2. The van der Waals surface area contributed by atoms with Crippen molar-refractivity contribution < 1.29 is 4.79 Å². The zero-order chi connectivity index (χ0) is 18.9. The first-order valence-corrected chi connectivity index (χ1v) is 10.7. The quantitative estimate of drug-likeness (QED) is 0.271. The van der Waals surface area contributed by atoms with Gasteiger partial charge in [0.15, 0.2) is 10.1 Å². The number of fused-ring (bicyclic) bond motifs is 2. The number of H-pyrrole nitrogens is 1. The molecule has 0 bridgehead atoms. The Kier molecular flexibility index (Phi) is 4.47. The number of thiazole rings is 1. The van der Waals surface area contributed by atoms with Gasteiger partial charge in [-0.2, -0.15) is 0 Å². The van der Waals surface area contributed by atoms with Crippen LogP contribution in [0.3, 0.4) is 0 Å². The van der Waals surface area contributed by atoms with Crippen LogP contribution < -0.4 is 0 Å². The number of para-hydroxylation sites is 2. The normalized spacial score (nSPS) is 12.4. The van der Waals surface area contributed by atoms with Gasteiger partial charge in [-0.3, -0.25) is 4.79 Å². The lowest BCUT2D eigenvalue weighted by molar-refractivity contribution is 0.0991. The van der Waals surface area contributed by atoms with Gasteiger partial charge < -0.3 is 4.98 Å². The fraction of sp³-hybridized carbons (Fsp3) is 0.0435. The van der Waals surface area contributed by atoms with Crippen LogP contribution in [0.5, 0.6) is 0 Å². The Balaban J connectivity index is 1.57. The molecule has 0 aliphatic carbocycles. The third-order valence-electron chi connectivity index (χ3n) is 4.69. The fourth-order valence-electron chi connectivity index (χ4n) is 3.32. The minimum atomic E-state index is -0.346. The number of hydrogen-bond donors (Lipinski definition) is 1. The smallest absolute Gasteiger partial charge is 0.182 e. The number of ketones is 1. The van der Waals surface area contributed by atoms with Crippen molar-refractivity contribution in [2.75, 3.05) is 0 Å². The van der Waals surface area contributed by atoms with Gasteiger partial charge in [0.25, 0.3) is 0 Å². The molecule has 3 nitrogen and oxygen atoms in total. The number of rotatable bonds is 5. The maximum absolute atomic E-state index is 13.6. The van der Waals surface area contributed by atoms with E-state index in [1.54, 1.807) is 11.3 Å². The van der Waals surface area contributed by atoms with E-state index >= 15 is 0 Å². The first-order valence-electron chi connectivity index (χ1n) is 8.97. The topological polar surface area (TPSA) is 45.8 Å². The summed E-state index contributed by atoms with van der Waals surface area (Å²) < 4.78 is 2.04. The van der Waals surface area contributed by atoms with E-state index in [9.17, 15) is 4.79 Å². The SMILES string of the molecule is O=C(c1c[nH]c2ccccc12)[C@@H](Sc1nc2ccccc2s1)c1ccccc1. The highest BCUT2D eigenvalue weighted by Gasteiger charge is 2.26. The number of thioether (sulfide) groups is 1. The Morgan fingerprint density at radius 3 is 2.54 bits per heavy atom. The molecule has 0 radical (unpaired) electrons. The van der Waals surface area contributed by atoms with Crippen LogP contribution in [0.4, 0.5) is 0 Å². The monoisotopic (exact) mass is 400 g/mol. The van der Waals surface area contributed by atoms with Crippen molar-refractivity contribution >= 4 is 50.0 Å². The van der Waals surface area contributed by atoms with Gasteiger partial charge in [-0.1, -0.05) is 72.4 Å². The van der Waals surface area contributed by atoms with E-state index in [2.05, 4.69) is 11.1 Å². The summed E-state index contributed by atoms with van der Waals surface area (Å²) in [6.45, 7) is 0. The van der Waals surface area contributed by atoms with Gasteiger partial charge >= 0.3 is 0 Å². The maximum atomic E-state index is 13.6. The molecule has 0 saturated carbocycles. The molecule has 0 fully saturated rings. The van der Waals surface area contributed by atoms with E-state index in [0.717, 1.165) is 36.6 Å². The number of aromatic nitrogens is 2. The molecule has 0 amide bonds. The summed E-state index contributed by atoms with van der Waals surface area (Å²) in [5, 5.41) is 0.610. The minimum Gasteiger partial charge on any atom is -0.360 e. The molecule has 0 aliphatic rings. The highest BCUT2D eigenvalue weighted by atomic mass is 32.2. The van der Waals surface area contributed by atoms with Crippen molar-refractivity contribution in [1.29, 1.82) is 0 Å². The average Bonchev–Trinajstić information content (AvgIpc) is 3.36. The van der Waals surface area contributed by atoms with Crippen molar-refractivity contribution in [2.45, 2.75) is 9.59 Å². The van der Waals surface area contributed by atoms with Crippen molar-refractivity contribution in [3.8, 4) is 0 Å². The second-order valence-electron chi connectivity index (χ2n) is 6.47. The lowest BCUT2D eigenvalue weighted by Gasteiger charge is -2.14. The molecule has 2 heterocycles. The largest absolute Gasteiger partial charge is 0.360 e. The molecular weight excluding hydrogens is 384 g/mol. The first-order chi connectivity index (χ1) is 13.8. The number of nitrogens with zero attached hydrogens (tertiary/aromatic N) is 1. The van der Waals surface area contributed by atoms with E-state index in [4.69, 9.17) is 4.98 Å². The summed E-state index contributed by atoms with van der Waals surface area (Å²) in [5.74, 6) is 0.0907. The van der Waals surface area contributed by atoms with Crippen molar-refractivity contribution in [2.24, 2.45) is 0 Å². The summed E-state index contributed by atoms with van der Waals surface area (Å²) in [5.41, 5.74) is 3.66. The van der Waals surface area contributed by atoms with Gasteiger partial charge in [-0.15, -0.1) is 11.3 Å². The molecule has 5 aromatic rings. The predicted octanol–water partition coefficient (Wildman–Crippen LogP) is 6.49. The highest BCUT2D eigenvalue weighted by Crippen LogP contribution is 2.41. The van der Waals surface area contributed by atoms with Crippen LogP contribution in [0.25, 0.3) is 21.1 Å². The Morgan fingerprint density at radius 2 is 1.68 bits per heavy atom. The molecule has 0 spiro atoms. The molecule has 0 saturated heterocycles. The van der Waals surface area contributed by atoms with Crippen LogP contribution in [-0.4, -0.2) is 15.8 Å². The van der Waals surface area contributed by atoms with Gasteiger partial charge in [0, 0.05) is 22.7 Å². The number of benzene rings is 3. The van der Waals surface area contributed by atoms with Crippen LogP contribution in [-0.2, 0) is 0 Å². The number of aromatic amines is 1. The molecule has 3 aromatic carbocycles. The third-order valence-corrected chi connectivity index (χ3v) is 7.07. The van der Waals surface area contributed by atoms with Gasteiger partial charge in [-0.25, -0.2) is 4.98 Å². The van der Waals surface area contributed by atoms with Gasteiger partial charge in [0.05, 0.1) is 10.2 Å². The van der Waals surface area contributed by atoms with E-state index in [-0.39, 0.29) is 11.0 Å². The predicted molar refractivity (Wildman–Crippen MR) is 117 cm³/mol. The summed E-state index contributed by atoms with van der Waals surface area (Å²) in [6.07, 6.45) is 1.82. The number of carbonyl (C=O) groups excluding carboxylic acids is 1. The van der Waals surface area contributed by atoms with Crippen LogP contribution >= 0.6 is 23.1 Å². The van der Waals surface area contributed by atoms with E-state index in [0.29, 0.717) is 0 Å². The molecule has 0 unspecified atom stereocenters. The van der Waals surface area contributed by atoms with Crippen molar-refractivity contribution in [3.63, 3.8) is 0 Å². The molecule has 136 valence electrons. The molecule has 1 N–H and O–H groups in total. The minimum absolute atomic E-state index is 0.0907. The zero-order valence-electron chi connectivity index (χ0n) is 14.8. The fourth-order valence-corrected chi connectivity index (χ4v) is 5.65. The van der Waals surface area contributed by atoms with Gasteiger partial charge in [0.2, 0.25) is 0 Å². The molecular formula is C23H16N2OS2. The summed E-state index contributed by atoms with van der Waals surface area (Å²) in [4.78, 5) is 21.5. The molecule has 28 heavy (non-hydrogen) atoms. The van der Waals surface area contributed by atoms with E-state index < -0.39 is 0 Å².